The molecule has 108 valence electrons. The zero-order chi connectivity index (χ0) is 14.2. The highest BCUT2D eigenvalue weighted by Crippen LogP contribution is 2.23. The summed E-state index contributed by atoms with van der Waals surface area (Å²) < 4.78 is 0. The van der Waals surface area contributed by atoms with Crippen LogP contribution in [0.2, 0.25) is 0 Å². The summed E-state index contributed by atoms with van der Waals surface area (Å²) in [6.07, 6.45) is 15.2. The summed E-state index contributed by atoms with van der Waals surface area (Å²) >= 11 is 0. The normalized spacial score (nSPS) is 10.3. The van der Waals surface area contributed by atoms with Crippen LogP contribution in [0.15, 0.2) is 0 Å². The predicted octanol–water partition coefficient (Wildman–Crippen LogP) is 5.74. The van der Waals surface area contributed by atoms with Gasteiger partial charge in [-0.1, -0.05) is 64.7 Å². The largest absolute Gasteiger partial charge is 0.198 e. The molecule has 0 aromatic rings. The second-order valence-corrected chi connectivity index (χ2v) is 5.52. The smallest absolute Gasteiger partial charge is 0.0621 e. The molecular formula is C17H30N2. The second kappa shape index (κ2) is 15.0. The van der Waals surface area contributed by atoms with Gasteiger partial charge in [-0.15, -0.1) is 0 Å². The molecule has 0 bridgehead atoms. The number of unbranched alkanes of at least 4 members (excludes halogenated alkanes) is 7. The fourth-order valence-corrected chi connectivity index (χ4v) is 2.55. The third-order valence-corrected chi connectivity index (χ3v) is 3.77. The van der Waals surface area contributed by atoms with Gasteiger partial charge in [0.2, 0.25) is 0 Å². The molecule has 2 nitrogen and oxygen atoms in total. The molecule has 0 aliphatic heterocycles. The molecule has 0 spiro atoms. The lowest BCUT2D eigenvalue weighted by atomic mass is 9.90. The van der Waals surface area contributed by atoms with Crippen LogP contribution in [-0.2, 0) is 0 Å². The molecule has 0 saturated carbocycles. The van der Waals surface area contributed by atoms with E-state index in [0.717, 1.165) is 18.8 Å². The molecule has 0 aromatic carbocycles. The lowest BCUT2D eigenvalue weighted by Crippen LogP contribution is -2.01. The number of hydrogen-bond donors (Lipinski definition) is 0. The first-order valence-electron chi connectivity index (χ1n) is 8.09. The third-order valence-electron chi connectivity index (χ3n) is 3.77. The summed E-state index contributed by atoms with van der Waals surface area (Å²) in [7, 11) is 0. The van der Waals surface area contributed by atoms with Gasteiger partial charge in [-0.2, -0.15) is 10.5 Å². The topological polar surface area (TPSA) is 47.6 Å². The zero-order valence-electron chi connectivity index (χ0n) is 12.7. The molecule has 0 amide bonds. The average molecular weight is 262 g/mol. The highest BCUT2D eigenvalue weighted by atomic mass is 14.2. The van der Waals surface area contributed by atoms with Crippen LogP contribution in [0.1, 0.15) is 90.4 Å². The quantitative estimate of drug-likeness (QED) is 0.397. The molecule has 0 aliphatic carbocycles. The van der Waals surface area contributed by atoms with Gasteiger partial charge in [0.1, 0.15) is 0 Å². The molecule has 0 aliphatic rings. The fraction of sp³-hybridized carbons (Fsp3) is 0.882. The van der Waals surface area contributed by atoms with Crippen molar-refractivity contribution in [3.05, 3.63) is 0 Å². The van der Waals surface area contributed by atoms with Gasteiger partial charge in [0, 0.05) is 12.8 Å². The van der Waals surface area contributed by atoms with Crippen LogP contribution in [0.25, 0.3) is 0 Å². The Morgan fingerprint density at radius 1 is 0.684 bits per heavy atom. The molecule has 0 fully saturated rings. The van der Waals surface area contributed by atoms with E-state index in [4.69, 9.17) is 10.5 Å². The lowest BCUT2D eigenvalue weighted by molar-refractivity contribution is 0.374. The van der Waals surface area contributed by atoms with Crippen molar-refractivity contribution in [2.45, 2.75) is 90.4 Å². The minimum absolute atomic E-state index is 0.716. The fourth-order valence-electron chi connectivity index (χ4n) is 2.55. The average Bonchev–Trinajstić information content (AvgIpc) is 2.43. The van der Waals surface area contributed by atoms with E-state index < -0.39 is 0 Å². The van der Waals surface area contributed by atoms with Crippen molar-refractivity contribution < 1.29 is 0 Å². The van der Waals surface area contributed by atoms with Gasteiger partial charge in [0.05, 0.1) is 12.1 Å². The molecule has 2 heteroatoms. The Labute approximate surface area is 119 Å². The van der Waals surface area contributed by atoms with Gasteiger partial charge in [0.25, 0.3) is 0 Å². The molecule has 0 saturated heterocycles. The van der Waals surface area contributed by atoms with Gasteiger partial charge in [-0.25, -0.2) is 0 Å². The van der Waals surface area contributed by atoms with Crippen LogP contribution in [0.3, 0.4) is 0 Å². The van der Waals surface area contributed by atoms with E-state index in [1.165, 1.54) is 57.8 Å². The van der Waals surface area contributed by atoms with Crippen molar-refractivity contribution in [3.8, 4) is 12.1 Å². The van der Waals surface area contributed by atoms with Crippen LogP contribution in [0, 0.1) is 28.6 Å². The number of nitrogens with zero attached hydrogens (tertiary/aromatic N) is 2. The summed E-state index contributed by atoms with van der Waals surface area (Å²) in [6.45, 7) is 2.26. The maximum Gasteiger partial charge on any atom is 0.0621 e. The highest BCUT2D eigenvalue weighted by Gasteiger charge is 2.07. The third kappa shape index (κ3) is 13.2. The predicted molar refractivity (Wildman–Crippen MR) is 80.4 cm³/mol. The Kier molecular flexibility index (Phi) is 14.2. The van der Waals surface area contributed by atoms with Crippen LogP contribution >= 0.6 is 0 Å². The minimum Gasteiger partial charge on any atom is -0.198 e. The molecule has 0 atom stereocenters. The highest BCUT2D eigenvalue weighted by molar-refractivity contribution is 4.69. The summed E-state index contributed by atoms with van der Waals surface area (Å²) in [5.41, 5.74) is 0. The number of nitriles is 2. The van der Waals surface area contributed by atoms with E-state index in [1.807, 2.05) is 0 Å². The molecular weight excluding hydrogens is 232 g/mol. The molecule has 19 heavy (non-hydrogen) atoms. The van der Waals surface area contributed by atoms with Gasteiger partial charge < -0.3 is 0 Å². The Morgan fingerprint density at radius 2 is 1.16 bits per heavy atom. The molecule has 0 heterocycles. The Hall–Kier alpha value is -1.02. The summed E-state index contributed by atoms with van der Waals surface area (Å²) in [4.78, 5) is 0. The van der Waals surface area contributed by atoms with Gasteiger partial charge in [-0.3, -0.25) is 0 Å². The Balaban J connectivity index is 3.63. The van der Waals surface area contributed by atoms with E-state index >= 15 is 0 Å². The van der Waals surface area contributed by atoms with Crippen LogP contribution in [-0.4, -0.2) is 0 Å². The van der Waals surface area contributed by atoms with Crippen LogP contribution in [0.4, 0.5) is 0 Å². The summed E-state index contributed by atoms with van der Waals surface area (Å²) in [5.74, 6) is 0.879. The number of rotatable bonds is 13. The van der Waals surface area contributed by atoms with Crippen LogP contribution < -0.4 is 0 Å². The van der Waals surface area contributed by atoms with Crippen molar-refractivity contribution >= 4 is 0 Å². The maximum atomic E-state index is 8.51. The van der Waals surface area contributed by atoms with E-state index in [-0.39, 0.29) is 0 Å². The van der Waals surface area contributed by atoms with Crippen LogP contribution in [0.5, 0.6) is 0 Å². The molecule has 0 rings (SSSR count). The maximum absolute atomic E-state index is 8.51. The first kappa shape index (κ1) is 18.0. The van der Waals surface area contributed by atoms with E-state index in [1.54, 1.807) is 0 Å². The zero-order valence-corrected chi connectivity index (χ0v) is 12.7. The second-order valence-electron chi connectivity index (χ2n) is 5.52. The summed E-state index contributed by atoms with van der Waals surface area (Å²) in [5, 5.41) is 17.0. The Morgan fingerprint density at radius 3 is 1.58 bits per heavy atom. The summed E-state index contributed by atoms with van der Waals surface area (Å²) in [6, 6.07) is 4.44. The molecule has 0 unspecified atom stereocenters. The van der Waals surface area contributed by atoms with Crippen molar-refractivity contribution in [1.82, 2.24) is 0 Å². The Bertz CT molecular complexity index is 235. The number of hydrogen-bond acceptors (Lipinski definition) is 2. The van der Waals surface area contributed by atoms with Crippen molar-refractivity contribution in [2.24, 2.45) is 5.92 Å². The first-order valence-corrected chi connectivity index (χ1v) is 8.09. The van der Waals surface area contributed by atoms with Gasteiger partial charge in [0.15, 0.2) is 0 Å². The standard InChI is InChI=1S/C17H30N2/c1-2-3-12-17(13-8-4-6-10-15-18)14-9-5-7-11-16-19/h17H,2-14H2,1H3. The van der Waals surface area contributed by atoms with Crippen molar-refractivity contribution in [3.63, 3.8) is 0 Å². The van der Waals surface area contributed by atoms with E-state index in [9.17, 15) is 0 Å². The van der Waals surface area contributed by atoms with Crippen molar-refractivity contribution in [1.29, 1.82) is 10.5 Å². The van der Waals surface area contributed by atoms with E-state index in [2.05, 4.69) is 19.1 Å². The van der Waals surface area contributed by atoms with Gasteiger partial charge >= 0.3 is 0 Å². The SMILES string of the molecule is CCCCC(CCCCCC#N)CCCCCC#N. The minimum atomic E-state index is 0.716. The monoisotopic (exact) mass is 262 g/mol. The van der Waals surface area contributed by atoms with Crippen molar-refractivity contribution in [2.75, 3.05) is 0 Å². The molecule has 0 radical (unpaired) electrons. The first-order chi connectivity index (χ1) is 9.35. The lowest BCUT2D eigenvalue weighted by Gasteiger charge is -2.16. The molecule has 0 aromatic heterocycles. The van der Waals surface area contributed by atoms with E-state index in [0.29, 0.717) is 12.8 Å². The van der Waals surface area contributed by atoms with Gasteiger partial charge in [-0.05, 0) is 18.8 Å². The molecule has 0 N–H and O–H groups in total.